The Morgan fingerprint density at radius 1 is 1.24 bits per heavy atom. The van der Waals surface area contributed by atoms with Gasteiger partial charge in [0.2, 0.25) is 11.8 Å². The highest BCUT2D eigenvalue weighted by atomic mass is 35.5. The number of ether oxygens (including phenoxy) is 1. The molecule has 1 aliphatic rings. The van der Waals surface area contributed by atoms with Gasteiger partial charge in [0.15, 0.2) is 0 Å². The van der Waals surface area contributed by atoms with Gasteiger partial charge in [0.05, 0.1) is 0 Å². The molecule has 0 aliphatic carbocycles. The van der Waals surface area contributed by atoms with E-state index in [1.165, 1.54) is 0 Å². The Hall–Kier alpha value is -1.79. The standard InChI is InChI=1S/C18H27N3O3.ClH/c1-13(2)18(23)21-10-7-14(8-11-21)17(22)20-15-3-5-16(6-4-15)24-12-9-19;/h3-6,13-14H,7-12,19H2,1-2H3,(H,20,22);1H. The van der Waals surface area contributed by atoms with E-state index < -0.39 is 0 Å². The van der Waals surface area contributed by atoms with E-state index in [2.05, 4.69) is 5.32 Å². The lowest BCUT2D eigenvalue weighted by molar-refractivity contribution is -0.137. The molecular weight excluding hydrogens is 342 g/mol. The van der Waals surface area contributed by atoms with Crippen molar-refractivity contribution in [1.29, 1.82) is 0 Å². The predicted octanol–water partition coefficient (Wildman–Crippen LogP) is 2.28. The molecule has 1 aromatic carbocycles. The van der Waals surface area contributed by atoms with E-state index >= 15 is 0 Å². The first kappa shape index (κ1) is 21.3. The van der Waals surface area contributed by atoms with Gasteiger partial charge in [0.25, 0.3) is 0 Å². The number of hydrogen-bond acceptors (Lipinski definition) is 4. The van der Waals surface area contributed by atoms with Crippen molar-refractivity contribution in [3.8, 4) is 5.75 Å². The van der Waals surface area contributed by atoms with Crippen LogP contribution < -0.4 is 15.8 Å². The van der Waals surface area contributed by atoms with Crippen molar-refractivity contribution >= 4 is 29.9 Å². The third-order valence-electron chi connectivity index (χ3n) is 4.18. The van der Waals surface area contributed by atoms with E-state index in [-0.39, 0.29) is 36.1 Å². The maximum atomic E-state index is 12.4. The van der Waals surface area contributed by atoms with Crippen LogP contribution in [0.4, 0.5) is 5.69 Å². The molecule has 0 saturated carbocycles. The second-order valence-electron chi connectivity index (χ2n) is 6.41. The zero-order chi connectivity index (χ0) is 17.5. The molecule has 0 atom stereocenters. The summed E-state index contributed by atoms with van der Waals surface area (Å²) in [4.78, 5) is 26.2. The summed E-state index contributed by atoms with van der Waals surface area (Å²) in [5.41, 5.74) is 6.14. The molecule has 25 heavy (non-hydrogen) atoms. The number of rotatable bonds is 6. The second kappa shape index (κ2) is 10.3. The normalized spacial score (nSPS) is 14.8. The quantitative estimate of drug-likeness (QED) is 0.805. The van der Waals surface area contributed by atoms with Gasteiger partial charge >= 0.3 is 0 Å². The smallest absolute Gasteiger partial charge is 0.227 e. The number of amides is 2. The molecule has 3 N–H and O–H groups in total. The van der Waals surface area contributed by atoms with Gasteiger partial charge in [0.1, 0.15) is 12.4 Å². The maximum Gasteiger partial charge on any atom is 0.227 e. The van der Waals surface area contributed by atoms with Crippen molar-refractivity contribution in [2.45, 2.75) is 26.7 Å². The highest BCUT2D eigenvalue weighted by Gasteiger charge is 2.28. The Morgan fingerprint density at radius 3 is 2.36 bits per heavy atom. The van der Waals surface area contributed by atoms with Crippen molar-refractivity contribution in [2.24, 2.45) is 17.6 Å². The zero-order valence-corrected chi connectivity index (χ0v) is 15.7. The third kappa shape index (κ3) is 6.21. The molecule has 0 spiro atoms. The molecule has 1 aromatic rings. The summed E-state index contributed by atoms with van der Waals surface area (Å²) in [6.07, 6.45) is 1.42. The minimum Gasteiger partial charge on any atom is -0.492 e. The lowest BCUT2D eigenvalue weighted by Crippen LogP contribution is -2.43. The average Bonchev–Trinajstić information content (AvgIpc) is 2.60. The summed E-state index contributed by atoms with van der Waals surface area (Å²) in [6.45, 7) is 6.06. The number of likely N-dealkylation sites (tertiary alicyclic amines) is 1. The summed E-state index contributed by atoms with van der Waals surface area (Å²) in [7, 11) is 0. The fraction of sp³-hybridized carbons (Fsp3) is 0.556. The number of nitrogens with zero attached hydrogens (tertiary/aromatic N) is 1. The second-order valence-corrected chi connectivity index (χ2v) is 6.41. The zero-order valence-electron chi connectivity index (χ0n) is 14.9. The highest BCUT2D eigenvalue weighted by Crippen LogP contribution is 2.22. The molecule has 2 amide bonds. The van der Waals surface area contributed by atoms with Crippen LogP contribution in [0.25, 0.3) is 0 Å². The van der Waals surface area contributed by atoms with Gasteiger partial charge in [-0.15, -0.1) is 12.4 Å². The lowest BCUT2D eigenvalue weighted by atomic mass is 9.95. The molecular formula is C18H28ClN3O3. The van der Waals surface area contributed by atoms with E-state index in [9.17, 15) is 9.59 Å². The molecule has 0 aromatic heterocycles. The van der Waals surface area contributed by atoms with Gasteiger partial charge in [-0.05, 0) is 37.1 Å². The van der Waals surface area contributed by atoms with Crippen LogP contribution in [0.15, 0.2) is 24.3 Å². The molecule has 2 rings (SSSR count). The van der Waals surface area contributed by atoms with E-state index in [0.29, 0.717) is 39.1 Å². The molecule has 1 aliphatic heterocycles. The highest BCUT2D eigenvalue weighted by molar-refractivity contribution is 5.92. The van der Waals surface area contributed by atoms with Crippen LogP contribution in [-0.4, -0.2) is 43.0 Å². The minimum absolute atomic E-state index is 0. The van der Waals surface area contributed by atoms with Crippen LogP contribution in [0.2, 0.25) is 0 Å². The lowest BCUT2D eigenvalue weighted by Gasteiger charge is -2.32. The molecule has 6 nitrogen and oxygen atoms in total. The number of piperidine rings is 1. The Labute approximate surface area is 155 Å². The Bertz CT molecular complexity index is 555. The minimum atomic E-state index is -0.0469. The van der Waals surface area contributed by atoms with Gasteiger partial charge in [-0.2, -0.15) is 0 Å². The number of carbonyl (C=O) groups excluding carboxylic acids is 2. The molecule has 0 unspecified atom stereocenters. The van der Waals surface area contributed by atoms with Crippen LogP contribution >= 0.6 is 12.4 Å². The van der Waals surface area contributed by atoms with Crippen LogP contribution in [0.1, 0.15) is 26.7 Å². The van der Waals surface area contributed by atoms with Crippen molar-refractivity contribution in [3.63, 3.8) is 0 Å². The van der Waals surface area contributed by atoms with Crippen molar-refractivity contribution < 1.29 is 14.3 Å². The number of nitrogens with one attached hydrogen (secondary N) is 1. The van der Waals surface area contributed by atoms with Gasteiger partial charge in [-0.25, -0.2) is 0 Å². The summed E-state index contributed by atoms with van der Waals surface area (Å²) in [6, 6.07) is 7.27. The molecule has 0 radical (unpaired) electrons. The number of carbonyl (C=O) groups is 2. The number of anilines is 1. The van der Waals surface area contributed by atoms with Gasteiger partial charge in [0, 0.05) is 37.2 Å². The van der Waals surface area contributed by atoms with Crippen molar-refractivity contribution in [3.05, 3.63) is 24.3 Å². The molecule has 1 fully saturated rings. The summed E-state index contributed by atoms with van der Waals surface area (Å²) >= 11 is 0. The van der Waals surface area contributed by atoms with Gasteiger partial charge in [-0.1, -0.05) is 13.8 Å². The van der Waals surface area contributed by atoms with Crippen LogP contribution in [-0.2, 0) is 9.59 Å². The molecule has 7 heteroatoms. The monoisotopic (exact) mass is 369 g/mol. The van der Waals surface area contributed by atoms with E-state index in [1.54, 1.807) is 0 Å². The average molecular weight is 370 g/mol. The molecule has 140 valence electrons. The molecule has 0 bridgehead atoms. The largest absolute Gasteiger partial charge is 0.492 e. The van der Waals surface area contributed by atoms with Crippen molar-refractivity contribution in [2.75, 3.05) is 31.6 Å². The predicted molar refractivity (Wildman–Crippen MR) is 101 cm³/mol. The van der Waals surface area contributed by atoms with Crippen molar-refractivity contribution in [1.82, 2.24) is 4.90 Å². The van der Waals surface area contributed by atoms with E-state index in [4.69, 9.17) is 10.5 Å². The van der Waals surface area contributed by atoms with Gasteiger partial charge in [-0.3, -0.25) is 9.59 Å². The summed E-state index contributed by atoms with van der Waals surface area (Å²) in [5, 5.41) is 2.94. The van der Waals surface area contributed by atoms with E-state index in [1.807, 2.05) is 43.0 Å². The molecule has 1 heterocycles. The molecule has 1 saturated heterocycles. The van der Waals surface area contributed by atoms with Crippen LogP contribution in [0.5, 0.6) is 5.75 Å². The maximum absolute atomic E-state index is 12.4. The topological polar surface area (TPSA) is 84.7 Å². The first-order valence-electron chi connectivity index (χ1n) is 8.54. The number of hydrogen-bond donors (Lipinski definition) is 2. The first-order valence-corrected chi connectivity index (χ1v) is 8.54. The van der Waals surface area contributed by atoms with E-state index in [0.717, 1.165) is 11.4 Å². The summed E-state index contributed by atoms with van der Waals surface area (Å²) in [5.74, 6) is 0.882. The fourth-order valence-electron chi connectivity index (χ4n) is 2.78. The van der Waals surface area contributed by atoms with Crippen LogP contribution in [0.3, 0.4) is 0 Å². The SMILES string of the molecule is CC(C)C(=O)N1CCC(C(=O)Nc2ccc(OCCN)cc2)CC1.Cl. The number of nitrogens with two attached hydrogens (primary N) is 1. The van der Waals surface area contributed by atoms with Gasteiger partial charge < -0.3 is 20.7 Å². The number of halogens is 1. The Balaban J connectivity index is 0.00000312. The first-order chi connectivity index (χ1) is 11.5. The summed E-state index contributed by atoms with van der Waals surface area (Å²) < 4.78 is 5.41. The number of benzene rings is 1. The fourth-order valence-corrected chi connectivity index (χ4v) is 2.78. The Kier molecular flexibility index (Phi) is 8.72. The third-order valence-corrected chi connectivity index (χ3v) is 4.18. The Morgan fingerprint density at radius 2 is 1.84 bits per heavy atom. The van der Waals surface area contributed by atoms with Crippen LogP contribution in [0, 0.1) is 11.8 Å².